The number of fused-ring (bicyclic) bond motifs is 3. The lowest BCUT2D eigenvalue weighted by Gasteiger charge is -2.12. The first kappa shape index (κ1) is 13.3. The molecule has 2 aromatic rings. The third-order valence-electron chi connectivity index (χ3n) is 3.68. The molecule has 1 unspecified atom stereocenters. The molecule has 2 N–H and O–H groups in total. The Bertz CT molecular complexity index is 651. The van der Waals surface area contributed by atoms with Crippen LogP contribution in [0.15, 0.2) is 18.2 Å². The van der Waals surface area contributed by atoms with Gasteiger partial charge in [-0.15, -0.1) is 11.6 Å². The summed E-state index contributed by atoms with van der Waals surface area (Å²) in [5, 5.41) is 4.15. The maximum absolute atomic E-state index is 11.5. The largest absolute Gasteiger partial charge is 0.448 e. The van der Waals surface area contributed by atoms with Crippen LogP contribution in [-0.2, 0) is 17.6 Å². The minimum Gasteiger partial charge on any atom is -0.448 e. The van der Waals surface area contributed by atoms with E-state index in [1.165, 1.54) is 27.7 Å². The summed E-state index contributed by atoms with van der Waals surface area (Å²) in [5.41, 5.74) is 4.94. The minimum absolute atomic E-state index is 0.101. The normalized spacial score (nSPS) is 17.2. The van der Waals surface area contributed by atoms with Gasteiger partial charge in [0.25, 0.3) is 0 Å². The molecular formula is C15H17ClN2O2. The summed E-state index contributed by atoms with van der Waals surface area (Å²) in [5.74, 6) is 0.320. The van der Waals surface area contributed by atoms with Crippen molar-refractivity contribution in [2.24, 2.45) is 0 Å². The summed E-state index contributed by atoms with van der Waals surface area (Å²) in [6.45, 7) is 2.33. The van der Waals surface area contributed by atoms with Gasteiger partial charge in [0.1, 0.15) is 6.61 Å². The van der Waals surface area contributed by atoms with Crippen molar-refractivity contribution in [1.82, 2.24) is 10.3 Å². The average Bonchev–Trinajstić information content (AvgIpc) is 2.94. The molecule has 0 fully saturated rings. The number of rotatable bonds is 3. The zero-order valence-electron chi connectivity index (χ0n) is 11.3. The molecule has 1 aliphatic carbocycles. The number of halogens is 1. The maximum Gasteiger partial charge on any atom is 0.407 e. The third kappa shape index (κ3) is 2.48. The van der Waals surface area contributed by atoms with Gasteiger partial charge in [-0.25, -0.2) is 4.79 Å². The van der Waals surface area contributed by atoms with Gasteiger partial charge in [0.05, 0.1) is 5.88 Å². The number of H-pyrrole nitrogens is 1. The van der Waals surface area contributed by atoms with Crippen LogP contribution in [0.4, 0.5) is 4.79 Å². The van der Waals surface area contributed by atoms with Crippen LogP contribution in [-0.4, -0.2) is 29.6 Å². The summed E-state index contributed by atoms with van der Waals surface area (Å²) in [6, 6.07) is 6.51. The lowest BCUT2D eigenvalue weighted by atomic mass is 10.1. The van der Waals surface area contributed by atoms with Crippen LogP contribution < -0.4 is 5.32 Å². The van der Waals surface area contributed by atoms with Crippen molar-refractivity contribution in [3.8, 4) is 0 Å². The second-order valence-corrected chi connectivity index (χ2v) is 5.58. The van der Waals surface area contributed by atoms with E-state index in [1.54, 1.807) is 0 Å². The lowest BCUT2D eigenvalue weighted by molar-refractivity contribution is 0.149. The molecule has 1 amide bonds. The summed E-state index contributed by atoms with van der Waals surface area (Å²) in [6.07, 6.45) is 1.27. The summed E-state index contributed by atoms with van der Waals surface area (Å²) in [7, 11) is 0. The van der Waals surface area contributed by atoms with Crippen LogP contribution in [0, 0.1) is 6.92 Å². The van der Waals surface area contributed by atoms with Crippen molar-refractivity contribution in [2.75, 3.05) is 12.5 Å². The van der Waals surface area contributed by atoms with Gasteiger partial charge >= 0.3 is 6.09 Å². The molecule has 5 heteroatoms. The summed E-state index contributed by atoms with van der Waals surface area (Å²) >= 11 is 5.49. The molecule has 0 radical (unpaired) electrons. The zero-order chi connectivity index (χ0) is 14.1. The number of aryl methyl sites for hydroxylation is 1. The fraction of sp³-hybridized carbons (Fsp3) is 0.400. The highest BCUT2D eigenvalue weighted by Crippen LogP contribution is 2.30. The molecule has 1 aliphatic rings. The van der Waals surface area contributed by atoms with Crippen molar-refractivity contribution in [3.05, 3.63) is 35.0 Å². The van der Waals surface area contributed by atoms with Crippen LogP contribution >= 0.6 is 11.6 Å². The molecule has 0 spiro atoms. The highest BCUT2D eigenvalue weighted by Gasteiger charge is 2.26. The van der Waals surface area contributed by atoms with Crippen LogP contribution in [0.2, 0.25) is 0 Å². The predicted octanol–water partition coefficient (Wildman–Crippen LogP) is 2.91. The first-order valence-electron chi connectivity index (χ1n) is 6.76. The van der Waals surface area contributed by atoms with Gasteiger partial charge in [0.15, 0.2) is 0 Å². The Morgan fingerprint density at radius 2 is 2.35 bits per heavy atom. The molecule has 4 nitrogen and oxygen atoms in total. The monoisotopic (exact) mass is 292 g/mol. The molecule has 1 aromatic carbocycles. The number of benzene rings is 1. The number of nitrogens with one attached hydrogen (secondary N) is 2. The summed E-state index contributed by atoms with van der Waals surface area (Å²) in [4.78, 5) is 15.0. The second kappa shape index (κ2) is 5.37. The van der Waals surface area contributed by atoms with Crippen molar-refractivity contribution in [3.63, 3.8) is 0 Å². The number of carbonyl (C=O) groups excluding carboxylic acids is 1. The molecule has 1 aromatic heterocycles. The molecule has 0 aliphatic heterocycles. The molecule has 1 heterocycles. The van der Waals surface area contributed by atoms with Gasteiger partial charge < -0.3 is 15.0 Å². The number of hydrogen-bond acceptors (Lipinski definition) is 2. The average molecular weight is 293 g/mol. The van der Waals surface area contributed by atoms with Gasteiger partial charge in [0.2, 0.25) is 0 Å². The topological polar surface area (TPSA) is 54.1 Å². The summed E-state index contributed by atoms with van der Waals surface area (Å²) < 4.78 is 4.94. The highest BCUT2D eigenvalue weighted by molar-refractivity contribution is 6.18. The molecule has 3 rings (SSSR count). The predicted molar refractivity (Wildman–Crippen MR) is 79.4 cm³/mol. The molecule has 0 bridgehead atoms. The fourth-order valence-electron chi connectivity index (χ4n) is 2.83. The van der Waals surface area contributed by atoms with Crippen molar-refractivity contribution in [2.45, 2.75) is 25.8 Å². The van der Waals surface area contributed by atoms with Gasteiger partial charge in [-0.05, 0) is 31.0 Å². The number of carbonyl (C=O) groups is 1. The van der Waals surface area contributed by atoms with E-state index in [1.807, 2.05) is 0 Å². The standard InChI is InChI=1S/C15H17ClN2O2/c1-9-2-3-13-11(6-9)12-7-10(8-14(12)18-13)17-15(19)20-5-4-16/h2-3,6,10,18H,4-5,7-8H2,1H3,(H,17,19). The third-order valence-corrected chi connectivity index (χ3v) is 3.84. The van der Waals surface area contributed by atoms with Crippen molar-refractivity contribution < 1.29 is 9.53 Å². The number of alkyl halides is 1. The number of aromatic nitrogens is 1. The van der Waals surface area contributed by atoms with Crippen molar-refractivity contribution in [1.29, 1.82) is 0 Å². The van der Waals surface area contributed by atoms with Crippen LogP contribution in [0.1, 0.15) is 16.8 Å². The Labute approximate surface area is 122 Å². The molecule has 0 saturated carbocycles. The lowest BCUT2D eigenvalue weighted by Crippen LogP contribution is -2.36. The SMILES string of the molecule is Cc1ccc2[nH]c3c(c2c1)CC(NC(=O)OCCCl)C3. The highest BCUT2D eigenvalue weighted by atomic mass is 35.5. The molecule has 20 heavy (non-hydrogen) atoms. The van der Waals surface area contributed by atoms with E-state index in [0.717, 1.165) is 12.8 Å². The van der Waals surface area contributed by atoms with Crippen LogP contribution in [0.3, 0.4) is 0 Å². The second-order valence-electron chi connectivity index (χ2n) is 5.21. The van der Waals surface area contributed by atoms with Crippen LogP contribution in [0.5, 0.6) is 0 Å². The van der Waals surface area contributed by atoms with E-state index in [-0.39, 0.29) is 18.7 Å². The molecule has 0 saturated heterocycles. The molecule has 1 atom stereocenters. The number of ether oxygens (including phenoxy) is 1. The zero-order valence-corrected chi connectivity index (χ0v) is 12.1. The Kier molecular flexibility index (Phi) is 3.57. The van der Waals surface area contributed by atoms with E-state index >= 15 is 0 Å². The van der Waals surface area contributed by atoms with E-state index in [9.17, 15) is 4.79 Å². The Hall–Kier alpha value is -1.68. The fourth-order valence-corrected chi connectivity index (χ4v) is 2.91. The van der Waals surface area contributed by atoms with E-state index in [0.29, 0.717) is 5.88 Å². The molecule has 106 valence electrons. The van der Waals surface area contributed by atoms with Crippen LogP contribution in [0.25, 0.3) is 10.9 Å². The van der Waals surface area contributed by atoms with Crippen molar-refractivity contribution >= 4 is 28.6 Å². The van der Waals surface area contributed by atoms with Gasteiger partial charge in [0, 0.05) is 29.1 Å². The van der Waals surface area contributed by atoms with Gasteiger partial charge in [-0.2, -0.15) is 0 Å². The molecular weight excluding hydrogens is 276 g/mol. The van der Waals surface area contributed by atoms with E-state index in [4.69, 9.17) is 16.3 Å². The number of alkyl carbamates (subject to hydrolysis) is 1. The quantitative estimate of drug-likeness (QED) is 0.855. The van der Waals surface area contributed by atoms with Gasteiger partial charge in [-0.1, -0.05) is 11.6 Å². The number of aromatic amines is 1. The Morgan fingerprint density at radius 3 is 3.15 bits per heavy atom. The van der Waals surface area contributed by atoms with E-state index in [2.05, 4.69) is 35.4 Å². The smallest absolute Gasteiger partial charge is 0.407 e. The minimum atomic E-state index is -0.388. The number of hydrogen-bond donors (Lipinski definition) is 2. The van der Waals surface area contributed by atoms with E-state index < -0.39 is 0 Å². The van der Waals surface area contributed by atoms with Gasteiger partial charge in [-0.3, -0.25) is 0 Å². The first-order valence-corrected chi connectivity index (χ1v) is 7.30. The Morgan fingerprint density at radius 1 is 1.50 bits per heavy atom. The number of amides is 1. The Balaban J connectivity index is 1.73. The first-order chi connectivity index (χ1) is 9.67. The maximum atomic E-state index is 11.5.